The highest BCUT2D eigenvalue weighted by molar-refractivity contribution is 7.08. The van der Waals surface area contributed by atoms with Crippen LogP contribution in [0.5, 0.6) is 0 Å². The van der Waals surface area contributed by atoms with Crippen molar-refractivity contribution in [2.24, 2.45) is 35.5 Å². The number of carbonyl (C=O) groups is 4. The molecule has 5 rings (SSSR count). The minimum absolute atomic E-state index is 0.0644. The summed E-state index contributed by atoms with van der Waals surface area (Å²) < 4.78 is 24.1. The molecule has 14 heteroatoms. The minimum atomic E-state index is -2.38. The van der Waals surface area contributed by atoms with Crippen molar-refractivity contribution in [3.05, 3.63) is 64.4 Å². The first kappa shape index (κ1) is 55.4. The zero-order valence-corrected chi connectivity index (χ0v) is 43.0. The fourth-order valence-corrected chi connectivity index (χ4v) is 11.4. The molecule has 1 aromatic heterocycles. The van der Waals surface area contributed by atoms with E-state index in [4.69, 9.17) is 18.9 Å². The van der Waals surface area contributed by atoms with E-state index in [2.05, 4.69) is 25.2 Å². The van der Waals surface area contributed by atoms with Crippen LogP contribution in [0.25, 0.3) is 0 Å². The highest BCUT2D eigenvalue weighted by atomic mass is 32.1. The zero-order chi connectivity index (χ0) is 49.7. The Labute approximate surface area is 409 Å². The predicted octanol–water partition coefficient (Wildman–Crippen LogP) is 8.53. The summed E-state index contributed by atoms with van der Waals surface area (Å²) in [7, 11) is 3.06. The summed E-state index contributed by atoms with van der Waals surface area (Å²) in [6.45, 7) is 13.7. The monoisotopic (exact) mass is 967 g/mol. The summed E-state index contributed by atoms with van der Waals surface area (Å²) in [4.78, 5) is 58.3. The molecule has 13 nitrogen and oxygen atoms in total. The summed E-state index contributed by atoms with van der Waals surface area (Å²) in [5.74, 6) is -6.08. The molecule has 380 valence electrons. The van der Waals surface area contributed by atoms with Crippen molar-refractivity contribution in [3.63, 3.8) is 0 Å². The van der Waals surface area contributed by atoms with Crippen LogP contribution in [0.4, 0.5) is 5.69 Å². The number of aliphatic hydroxyl groups excluding tert-OH is 2. The first-order valence-electron chi connectivity index (χ1n) is 25.3. The van der Waals surface area contributed by atoms with Crippen molar-refractivity contribution in [2.45, 2.75) is 186 Å². The highest BCUT2D eigenvalue weighted by Crippen LogP contribution is 2.38. The van der Waals surface area contributed by atoms with Gasteiger partial charge in [0.1, 0.15) is 24.4 Å². The Morgan fingerprint density at radius 1 is 0.882 bits per heavy atom. The van der Waals surface area contributed by atoms with E-state index >= 15 is 0 Å². The Bertz CT molecular complexity index is 1930. The molecule has 0 spiro atoms. The van der Waals surface area contributed by atoms with Crippen molar-refractivity contribution in [2.75, 3.05) is 26.1 Å². The summed E-state index contributed by atoms with van der Waals surface area (Å²) in [5.41, 5.74) is 2.53. The van der Waals surface area contributed by atoms with Gasteiger partial charge in [0.15, 0.2) is 5.78 Å². The number of fused-ring (bicyclic) bond motifs is 3. The molecule has 2 saturated heterocycles. The molecule has 1 aliphatic carbocycles. The lowest BCUT2D eigenvalue weighted by Gasteiger charge is -2.43. The predicted molar refractivity (Wildman–Crippen MR) is 266 cm³/mol. The third kappa shape index (κ3) is 14.8. The van der Waals surface area contributed by atoms with Crippen molar-refractivity contribution < 1.29 is 53.4 Å². The number of rotatable bonds is 7. The van der Waals surface area contributed by atoms with Gasteiger partial charge in [-0.25, -0.2) is 4.79 Å². The number of nitrogens with one attached hydrogen (secondary N) is 1. The fourth-order valence-electron chi connectivity index (χ4n) is 10.8. The van der Waals surface area contributed by atoms with Gasteiger partial charge in [-0.2, -0.15) is 11.3 Å². The maximum Gasteiger partial charge on any atom is 0.329 e. The van der Waals surface area contributed by atoms with Gasteiger partial charge in [-0.3, -0.25) is 14.4 Å². The molecule has 1 unspecified atom stereocenters. The number of esters is 1. The number of hydrogen-bond acceptors (Lipinski definition) is 13. The first-order chi connectivity index (χ1) is 32.4. The van der Waals surface area contributed by atoms with E-state index in [1.165, 1.54) is 12.0 Å². The van der Waals surface area contributed by atoms with Gasteiger partial charge in [-0.05, 0) is 138 Å². The Kier molecular flexibility index (Phi) is 21.3. The second-order valence-electron chi connectivity index (χ2n) is 20.7. The molecule has 4 heterocycles. The number of hydrogen-bond donors (Lipinski definition) is 4. The average molecular weight is 967 g/mol. The molecule has 4 aliphatic rings. The topological polar surface area (TPSA) is 181 Å². The van der Waals surface area contributed by atoms with E-state index in [9.17, 15) is 34.5 Å². The first-order valence-corrected chi connectivity index (χ1v) is 26.2. The van der Waals surface area contributed by atoms with Crippen LogP contribution in [0.15, 0.2) is 64.4 Å². The van der Waals surface area contributed by atoms with Crippen LogP contribution in [-0.2, 0) is 38.1 Å². The lowest BCUT2D eigenvalue weighted by atomic mass is 9.78. The molecule has 68 heavy (non-hydrogen) atoms. The van der Waals surface area contributed by atoms with Crippen LogP contribution in [0.3, 0.4) is 0 Å². The molecule has 15 atom stereocenters. The van der Waals surface area contributed by atoms with Crippen LogP contribution >= 0.6 is 11.3 Å². The van der Waals surface area contributed by atoms with Gasteiger partial charge < -0.3 is 44.5 Å². The SMILES string of the molecule is CO[C@@H]1C[C@@H](C[C@@H](C)[C@@H]2CC[C@H](C)/C=C(\C)[C@@H](O)[C@@H](OC)C(=O)[C@H](C)C[C@H](C)/C=C/C=C/C=C(\C)C(Nc3ccsc3)C[C@@H]3CC[C@@H](C)[C@@](O)(O3)C(=O)C(=O)N3CCCC[C@H]3C(=O)O2)CC[C@H]1O. The number of ether oxygens (including phenoxy) is 4. The Hall–Kier alpha value is -3.50. The van der Waals surface area contributed by atoms with Gasteiger partial charge in [-0.15, -0.1) is 0 Å². The number of thiophene rings is 1. The quantitative estimate of drug-likeness (QED) is 0.116. The third-order valence-electron chi connectivity index (χ3n) is 15.2. The summed E-state index contributed by atoms with van der Waals surface area (Å²) in [6.07, 6.45) is 15.2. The van der Waals surface area contributed by atoms with Crippen LogP contribution in [-0.4, -0.2) is 119 Å². The van der Waals surface area contributed by atoms with E-state index < -0.39 is 65.9 Å². The van der Waals surface area contributed by atoms with Gasteiger partial charge in [0.25, 0.3) is 11.7 Å². The van der Waals surface area contributed by atoms with Crippen molar-refractivity contribution >= 4 is 40.5 Å². The molecule has 1 saturated carbocycles. The molecule has 0 radical (unpaired) electrons. The summed E-state index contributed by atoms with van der Waals surface area (Å²) in [6, 6.07) is 0.732. The van der Waals surface area contributed by atoms with E-state index in [-0.39, 0.29) is 54.1 Å². The van der Waals surface area contributed by atoms with Crippen molar-refractivity contribution in [1.29, 1.82) is 0 Å². The van der Waals surface area contributed by atoms with Crippen LogP contribution in [0.2, 0.25) is 0 Å². The molecule has 1 amide bonds. The average Bonchev–Trinajstić information content (AvgIpc) is 3.84. The number of cyclic esters (lactones) is 1. The Balaban J connectivity index is 1.46. The van der Waals surface area contributed by atoms with Gasteiger partial charge >= 0.3 is 5.97 Å². The number of anilines is 1. The molecule has 4 N–H and O–H groups in total. The number of carbonyl (C=O) groups excluding carboxylic acids is 4. The number of amides is 1. The summed E-state index contributed by atoms with van der Waals surface area (Å²) in [5, 5.41) is 41.8. The molecule has 3 aliphatic heterocycles. The lowest BCUT2D eigenvalue weighted by molar-refractivity contribution is -0.263. The number of piperidine rings is 1. The van der Waals surface area contributed by atoms with Gasteiger partial charge in [-0.1, -0.05) is 76.6 Å². The van der Waals surface area contributed by atoms with E-state index in [1.807, 2.05) is 68.0 Å². The van der Waals surface area contributed by atoms with Gasteiger partial charge in [0, 0.05) is 49.7 Å². The standard InChI is InChI=1S/C54H82N2O11S/c1-33-15-11-10-12-16-35(3)43(55-41-24-26-68-32-41)31-42-21-19-39(7)54(63,67-42)51(60)52(61)56-25-14-13-17-44(56)53(62)66-46(36(4)29-40-20-22-45(57)47(30-40)64-8)23-18-34(2)28-38(6)49(59)50(65-9)48(58)37(5)27-33/h10-12,15-16,24,26,28,32-34,36-37,39-40,42-47,49-50,55,57,59,63H,13-14,17-23,25,27,29-31H2,1-9H3/b12-10+,15-11+,35-16+,38-28+/t33-,34+,36-,37-,39-,40-,42+,43?,44+,45-,46+,47-,49-,50+,54-/m1/s1. The zero-order valence-electron chi connectivity index (χ0n) is 42.1. The molecule has 2 bridgehead atoms. The molecular weight excluding hydrogens is 885 g/mol. The van der Waals surface area contributed by atoms with Gasteiger partial charge in [0.2, 0.25) is 5.79 Å². The number of aliphatic hydroxyl groups is 3. The number of methoxy groups -OCH3 is 2. The van der Waals surface area contributed by atoms with Crippen molar-refractivity contribution in [1.82, 2.24) is 4.90 Å². The number of ketones is 2. The normalized spacial score (nSPS) is 39.1. The van der Waals surface area contributed by atoms with E-state index in [0.29, 0.717) is 76.2 Å². The third-order valence-corrected chi connectivity index (χ3v) is 15.8. The summed E-state index contributed by atoms with van der Waals surface area (Å²) >= 11 is 1.57. The van der Waals surface area contributed by atoms with Crippen LogP contribution in [0, 0.1) is 35.5 Å². The number of Topliss-reactive ketones (excluding diaryl/α,β-unsaturated/α-hetero) is 2. The lowest BCUT2D eigenvalue weighted by Crippen LogP contribution is -2.61. The molecule has 0 aromatic carbocycles. The van der Waals surface area contributed by atoms with Crippen LogP contribution < -0.4 is 5.32 Å². The fraction of sp³-hybridized carbons (Fsp3) is 0.704. The number of allylic oxidation sites excluding steroid dienone is 6. The van der Waals surface area contributed by atoms with Crippen LogP contribution in [0.1, 0.15) is 132 Å². The second-order valence-corrected chi connectivity index (χ2v) is 21.5. The van der Waals surface area contributed by atoms with Gasteiger partial charge in [0.05, 0.1) is 18.3 Å². The number of nitrogens with zero attached hydrogens (tertiary/aromatic N) is 1. The van der Waals surface area contributed by atoms with E-state index in [0.717, 1.165) is 24.1 Å². The molecular formula is C54H82N2O11S. The molecule has 1 aromatic rings. The Morgan fingerprint density at radius 3 is 2.35 bits per heavy atom. The molecule has 3 fully saturated rings. The van der Waals surface area contributed by atoms with Crippen molar-refractivity contribution in [3.8, 4) is 0 Å². The van der Waals surface area contributed by atoms with E-state index in [1.54, 1.807) is 32.3 Å². The Morgan fingerprint density at radius 2 is 1.65 bits per heavy atom. The second kappa shape index (κ2) is 26.1. The highest BCUT2D eigenvalue weighted by Gasteiger charge is 2.53. The minimum Gasteiger partial charge on any atom is -0.461 e. The maximum atomic E-state index is 14.5. The maximum absolute atomic E-state index is 14.5. The smallest absolute Gasteiger partial charge is 0.329 e. The largest absolute Gasteiger partial charge is 0.461 e.